The molecule has 0 unspecified atom stereocenters. The van der Waals surface area contributed by atoms with Crippen molar-refractivity contribution in [1.29, 1.82) is 5.26 Å². The predicted octanol–water partition coefficient (Wildman–Crippen LogP) is 3.74. The number of anilines is 1. The van der Waals surface area contributed by atoms with E-state index >= 15 is 0 Å². The summed E-state index contributed by atoms with van der Waals surface area (Å²) in [5, 5.41) is 15.8. The Morgan fingerprint density at radius 1 is 1.12 bits per heavy atom. The number of benzene rings is 2. The van der Waals surface area contributed by atoms with Crippen LogP contribution in [0.25, 0.3) is 0 Å². The van der Waals surface area contributed by atoms with Crippen molar-refractivity contribution < 1.29 is 9.32 Å². The zero-order chi connectivity index (χ0) is 22.3. The van der Waals surface area contributed by atoms with Crippen LogP contribution in [0, 0.1) is 18.3 Å². The van der Waals surface area contributed by atoms with Gasteiger partial charge in [-0.25, -0.2) is 0 Å². The number of amides is 1. The third-order valence-electron chi connectivity index (χ3n) is 5.72. The molecule has 1 atom stereocenters. The maximum atomic E-state index is 13.3. The van der Waals surface area contributed by atoms with E-state index in [1.807, 2.05) is 54.6 Å². The summed E-state index contributed by atoms with van der Waals surface area (Å²) < 4.78 is 5.10. The summed E-state index contributed by atoms with van der Waals surface area (Å²) in [5.41, 5.74) is 2.83. The van der Waals surface area contributed by atoms with E-state index in [-0.39, 0.29) is 5.91 Å². The van der Waals surface area contributed by atoms with Crippen LogP contribution in [-0.2, 0) is 11.3 Å². The number of rotatable bonds is 6. The minimum Gasteiger partial charge on any atom is -0.360 e. The average molecular weight is 430 g/mol. The summed E-state index contributed by atoms with van der Waals surface area (Å²) in [4.78, 5) is 17.9. The van der Waals surface area contributed by atoms with Crippen LogP contribution in [0.1, 0.15) is 34.9 Å². The molecule has 2 aromatic carbocycles. The summed E-state index contributed by atoms with van der Waals surface area (Å²) in [6.07, 6.45) is 0.968. The lowest BCUT2D eigenvalue weighted by molar-refractivity contribution is -0.121. The maximum absolute atomic E-state index is 13.3. The molecule has 7 heteroatoms. The van der Waals surface area contributed by atoms with Crippen LogP contribution in [0.4, 0.5) is 5.82 Å². The molecule has 0 radical (unpaired) electrons. The highest BCUT2D eigenvalue weighted by Gasteiger charge is 2.30. The van der Waals surface area contributed by atoms with Gasteiger partial charge in [0.25, 0.3) is 0 Å². The van der Waals surface area contributed by atoms with Gasteiger partial charge >= 0.3 is 0 Å². The normalized spacial score (nSPS) is 16.1. The largest absolute Gasteiger partial charge is 0.360 e. The van der Waals surface area contributed by atoms with Gasteiger partial charge in [0.1, 0.15) is 11.8 Å². The third kappa shape index (κ3) is 5.41. The molecule has 1 amide bonds. The van der Waals surface area contributed by atoms with E-state index in [1.54, 1.807) is 13.0 Å². The lowest BCUT2D eigenvalue weighted by atomic mass is 10.0. The van der Waals surface area contributed by atoms with Crippen LogP contribution in [0.2, 0.25) is 0 Å². The molecule has 0 spiro atoms. The van der Waals surface area contributed by atoms with E-state index in [4.69, 9.17) is 9.78 Å². The first-order valence-corrected chi connectivity index (χ1v) is 10.9. The number of aryl methyl sites for hydroxylation is 1. The number of aromatic nitrogens is 1. The van der Waals surface area contributed by atoms with Gasteiger partial charge in [-0.15, -0.1) is 0 Å². The number of nitrogens with zero attached hydrogens (tertiary/aromatic N) is 4. The van der Waals surface area contributed by atoms with Crippen LogP contribution < -0.4 is 5.32 Å². The van der Waals surface area contributed by atoms with Gasteiger partial charge in [0.2, 0.25) is 5.91 Å². The van der Waals surface area contributed by atoms with E-state index in [9.17, 15) is 4.79 Å². The number of carbonyl (C=O) groups is 1. The molecule has 1 fully saturated rings. The van der Waals surface area contributed by atoms with Gasteiger partial charge in [0, 0.05) is 32.2 Å². The highest BCUT2D eigenvalue weighted by Crippen LogP contribution is 2.25. The second kappa shape index (κ2) is 10.2. The highest BCUT2D eigenvalue weighted by atomic mass is 16.5. The fourth-order valence-electron chi connectivity index (χ4n) is 4.13. The van der Waals surface area contributed by atoms with Gasteiger partial charge in [-0.2, -0.15) is 5.26 Å². The summed E-state index contributed by atoms with van der Waals surface area (Å²) >= 11 is 0. The fourth-order valence-corrected chi connectivity index (χ4v) is 4.13. The Morgan fingerprint density at radius 3 is 2.59 bits per heavy atom. The number of hydrogen-bond donors (Lipinski definition) is 1. The van der Waals surface area contributed by atoms with Gasteiger partial charge in [-0.3, -0.25) is 14.6 Å². The van der Waals surface area contributed by atoms with Crippen molar-refractivity contribution in [1.82, 2.24) is 15.0 Å². The van der Waals surface area contributed by atoms with E-state index in [2.05, 4.69) is 26.3 Å². The van der Waals surface area contributed by atoms with Crippen LogP contribution in [-0.4, -0.2) is 47.0 Å². The number of nitrogens with one attached hydrogen (secondary N) is 1. The monoisotopic (exact) mass is 429 g/mol. The number of carbonyl (C=O) groups excluding carboxylic acids is 1. The van der Waals surface area contributed by atoms with E-state index in [0.29, 0.717) is 17.1 Å². The quantitative estimate of drug-likeness (QED) is 0.642. The number of hydrogen-bond acceptors (Lipinski definition) is 6. The second-order valence-electron chi connectivity index (χ2n) is 8.10. The van der Waals surface area contributed by atoms with Crippen LogP contribution in [0.3, 0.4) is 0 Å². The topological polar surface area (TPSA) is 85.4 Å². The van der Waals surface area contributed by atoms with Crippen molar-refractivity contribution >= 4 is 11.7 Å². The molecule has 0 bridgehead atoms. The molecular formula is C25H27N5O2. The van der Waals surface area contributed by atoms with Crippen molar-refractivity contribution in [2.24, 2.45) is 0 Å². The third-order valence-corrected chi connectivity index (χ3v) is 5.72. The Hall–Kier alpha value is -3.47. The molecule has 0 aliphatic carbocycles. The van der Waals surface area contributed by atoms with Gasteiger partial charge in [-0.05, 0) is 43.1 Å². The molecule has 1 N–H and O–H groups in total. The summed E-state index contributed by atoms with van der Waals surface area (Å²) in [6.45, 7) is 6.06. The Bertz CT molecular complexity index is 1070. The first-order chi connectivity index (χ1) is 15.6. The lowest BCUT2D eigenvalue weighted by Crippen LogP contribution is -2.39. The molecule has 1 saturated heterocycles. The summed E-state index contributed by atoms with van der Waals surface area (Å²) in [6, 6.07) is 21.1. The molecule has 1 aliphatic rings. The van der Waals surface area contributed by atoms with Gasteiger partial charge in [0.15, 0.2) is 5.82 Å². The maximum Gasteiger partial charge on any atom is 0.247 e. The predicted molar refractivity (Wildman–Crippen MR) is 122 cm³/mol. The molecule has 2 heterocycles. The SMILES string of the molecule is Cc1cc(NC(=O)[C@@H](c2ccccc2)N2CCCN(Cc3ccc(C#N)cc3)CC2)no1. The second-order valence-corrected chi connectivity index (χ2v) is 8.10. The van der Waals surface area contributed by atoms with E-state index in [0.717, 1.165) is 44.7 Å². The standard InChI is InChI=1S/C25H27N5O2/c1-19-16-23(28-32-19)27-25(31)24(22-6-3-2-4-7-22)30-13-5-12-29(14-15-30)18-21-10-8-20(17-26)9-11-21/h2-4,6-11,16,24H,5,12-15,18H2,1H3,(H,27,28,31)/t24-/m1/s1. The molecule has 32 heavy (non-hydrogen) atoms. The van der Waals surface area contributed by atoms with Crippen molar-refractivity contribution in [3.8, 4) is 6.07 Å². The van der Waals surface area contributed by atoms with Crippen molar-refractivity contribution in [2.75, 3.05) is 31.5 Å². The molecule has 7 nitrogen and oxygen atoms in total. The summed E-state index contributed by atoms with van der Waals surface area (Å²) in [5.74, 6) is 0.987. The Balaban J connectivity index is 1.46. The molecule has 4 rings (SSSR count). The van der Waals surface area contributed by atoms with Crippen molar-refractivity contribution in [3.63, 3.8) is 0 Å². The Labute approximate surface area is 188 Å². The minimum atomic E-state index is -0.400. The lowest BCUT2D eigenvalue weighted by Gasteiger charge is -2.30. The Morgan fingerprint density at radius 2 is 1.91 bits per heavy atom. The Kier molecular flexibility index (Phi) is 6.95. The van der Waals surface area contributed by atoms with E-state index < -0.39 is 6.04 Å². The van der Waals surface area contributed by atoms with E-state index in [1.165, 1.54) is 5.56 Å². The zero-order valence-electron chi connectivity index (χ0n) is 18.2. The average Bonchev–Trinajstić information content (AvgIpc) is 3.08. The molecule has 164 valence electrons. The van der Waals surface area contributed by atoms with Crippen LogP contribution in [0.5, 0.6) is 0 Å². The van der Waals surface area contributed by atoms with Gasteiger partial charge in [0.05, 0.1) is 11.6 Å². The fraction of sp³-hybridized carbons (Fsp3) is 0.320. The molecular weight excluding hydrogens is 402 g/mol. The first kappa shape index (κ1) is 21.8. The minimum absolute atomic E-state index is 0.106. The van der Waals surface area contributed by atoms with Crippen LogP contribution >= 0.6 is 0 Å². The number of nitriles is 1. The van der Waals surface area contributed by atoms with Gasteiger partial charge < -0.3 is 9.84 Å². The highest BCUT2D eigenvalue weighted by molar-refractivity contribution is 5.94. The molecule has 0 saturated carbocycles. The van der Waals surface area contributed by atoms with Gasteiger partial charge in [-0.1, -0.05) is 47.6 Å². The zero-order valence-corrected chi connectivity index (χ0v) is 18.2. The first-order valence-electron chi connectivity index (χ1n) is 10.9. The van der Waals surface area contributed by atoms with Crippen molar-refractivity contribution in [2.45, 2.75) is 25.9 Å². The molecule has 3 aromatic rings. The van der Waals surface area contributed by atoms with Crippen LogP contribution in [0.15, 0.2) is 65.2 Å². The molecule has 1 aromatic heterocycles. The summed E-state index contributed by atoms with van der Waals surface area (Å²) in [7, 11) is 0. The van der Waals surface area contributed by atoms with Crippen molar-refractivity contribution in [3.05, 3.63) is 83.1 Å². The smallest absolute Gasteiger partial charge is 0.247 e. The molecule has 1 aliphatic heterocycles.